The molecule has 1 heterocycles. The number of para-hydroxylation sites is 1. The molecule has 104 valence electrons. The molecular weight excluding hydrogens is 256 g/mol. The number of carbonyl (C=O) groups excluding carboxylic acids is 1. The molecule has 1 saturated heterocycles. The summed E-state index contributed by atoms with van der Waals surface area (Å²) in [6.07, 6.45) is 1.93. The summed E-state index contributed by atoms with van der Waals surface area (Å²) in [7, 11) is 2.11. The lowest BCUT2D eigenvalue weighted by Crippen LogP contribution is -2.35. The van der Waals surface area contributed by atoms with Gasteiger partial charge < -0.3 is 10.2 Å². The molecule has 1 aliphatic rings. The molecule has 4 heteroatoms. The molecular formula is C15H22N2OS. The second-order valence-corrected chi connectivity index (χ2v) is 6.30. The second kappa shape index (κ2) is 6.96. The van der Waals surface area contributed by atoms with Gasteiger partial charge in [0.15, 0.2) is 0 Å². The number of hydrogen-bond donors (Lipinski definition) is 1. The predicted octanol–water partition coefficient (Wildman–Crippen LogP) is 3.08. The van der Waals surface area contributed by atoms with Gasteiger partial charge in [0.05, 0.1) is 5.69 Å². The van der Waals surface area contributed by atoms with Gasteiger partial charge in [-0.3, -0.25) is 4.79 Å². The summed E-state index contributed by atoms with van der Waals surface area (Å²) in [5.74, 6) is 1.36. The summed E-state index contributed by atoms with van der Waals surface area (Å²) >= 11 is 1.77. The molecule has 19 heavy (non-hydrogen) atoms. The van der Waals surface area contributed by atoms with Crippen LogP contribution in [0.1, 0.15) is 19.8 Å². The van der Waals surface area contributed by atoms with E-state index in [1.54, 1.807) is 11.8 Å². The van der Waals surface area contributed by atoms with Crippen molar-refractivity contribution >= 4 is 23.4 Å². The van der Waals surface area contributed by atoms with Gasteiger partial charge in [-0.1, -0.05) is 19.1 Å². The Kier molecular flexibility index (Phi) is 5.28. The lowest BCUT2D eigenvalue weighted by Gasteiger charge is -2.28. The minimum Gasteiger partial charge on any atom is -0.325 e. The molecule has 1 amide bonds. The fraction of sp³-hybridized carbons (Fsp3) is 0.533. The summed E-state index contributed by atoms with van der Waals surface area (Å²) in [4.78, 5) is 15.7. The van der Waals surface area contributed by atoms with Gasteiger partial charge in [0.25, 0.3) is 0 Å². The van der Waals surface area contributed by atoms with Crippen molar-refractivity contribution in [2.24, 2.45) is 5.92 Å². The van der Waals surface area contributed by atoms with E-state index in [4.69, 9.17) is 0 Å². The van der Waals surface area contributed by atoms with Gasteiger partial charge in [-0.25, -0.2) is 0 Å². The van der Waals surface area contributed by atoms with Gasteiger partial charge in [0.1, 0.15) is 0 Å². The van der Waals surface area contributed by atoms with E-state index in [0.29, 0.717) is 0 Å². The van der Waals surface area contributed by atoms with E-state index in [-0.39, 0.29) is 11.8 Å². The predicted molar refractivity (Wildman–Crippen MR) is 81.7 cm³/mol. The molecule has 1 aromatic carbocycles. The molecule has 0 bridgehead atoms. The molecule has 2 rings (SSSR count). The number of piperidine rings is 1. The van der Waals surface area contributed by atoms with Crippen LogP contribution in [-0.2, 0) is 4.79 Å². The van der Waals surface area contributed by atoms with Crippen LogP contribution in [0.3, 0.4) is 0 Å². The Balaban J connectivity index is 1.98. The molecule has 0 radical (unpaired) electrons. The Hall–Kier alpha value is -1.00. The Bertz CT molecular complexity index is 428. The van der Waals surface area contributed by atoms with E-state index in [2.05, 4.69) is 30.3 Å². The topological polar surface area (TPSA) is 32.3 Å². The monoisotopic (exact) mass is 278 g/mol. The van der Waals surface area contributed by atoms with Crippen LogP contribution in [0.15, 0.2) is 29.2 Å². The number of hydrogen-bond acceptors (Lipinski definition) is 3. The Morgan fingerprint density at radius 2 is 2.05 bits per heavy atom. The van der Waals surface area contributed by atoms with Gasteiger partial charge in [-0.15, -0.1) is 11.8 Å². The van der Waals surface area contributed by atoms with Crippen LogP contribution in [0.5, 0.6) is 0 Å². The molecule has 3 nitrogen and oxygen atoms in total. The van der Waals surface area contributed by atoms with Crippen LogP contribution in [0, 0.1) is 5.92 Å². The van der Waals surface area contributed by atoms with Crippen molar-refractivity contribution in [2.45, 2.75) is 24.7 Å². The summed E-state index contributed by atoms with van der Waals surface area (Å²) < 4.78 is 0. The first-order valence-electron chi connectivity index (χ1n) is 6.92. The first-order valence-corrected chi connectivity index (χ1v) is 7.90. The van der Waals surface area contributed by atoms with Crippen molar-refractivity contribution < 1.29 is 4.79 Å². The summed E-state index contributed by atoms with van der Waals surface area (Å²) in [6.45, 7) is 4.16. The lowest BCUT2D eigenvalue weighted by molar-refractivity contribution is -0.121. The molecule has 0 aliphatic carbocycles. The van der Waals surface area contributed by atoms with Crippen LogP contribution in [-0.4, -0.2) is 36.7 Å². The molecule has 1 aromatic rings. The van der Waals surface area contributed by atoms with Gasteiger partial charge in [0, 0.05) is 10.8 Å². The van der Waals surface area contributed by atoms with Crippen molar-refractivity contribution in [3.63, 3.8) is 0 Å². The fourth-order valence-electron chi connectivity index (χ4n) is 2.36. The number of anilines is 1. The number of benzene rings is 1. The lowest BCUT2D eigenvalue weighted by atomic mass is 9.96. The average Bonchev–Trinajstić information content (AvgIpc) is 2.42. The molecule has 0 atom stereocenters. The second-order valence-electron chi connectivity index (χ2n) is 5.00. The van der Waals surface area contributed by atoms with Gasteiger partial charge in [0.2, 0.25) is 5.91 Å². The first-order chi connectivity index (χ1) is 9.20. The highest BCUT2D eigenvalue weighted by Crippen LogP contribution is 2.28. The number of likely N-dealkylation sites (tertiary alicyclic amines) is 1. The van der Waals surface area contributed by atoms with Crippen LogP contribution >= 0.6 is 11.8 Å². The van der Waals surface area contributed by atoms with E-state index in [9.17, 15) is 4.79 Å². The number of rotatable bonds is 4. The third-order valence-electron chi connectivity index (χ3n) is 3.53. The normalized spacial score (nSPS) is 17.4. The maximum Gasteiger partial charge on any atom is 0.227 e. The molecule has 0 saturated carbocycles. The smallest absolute Gasteiger partial charge is 0.227 e. The number of nitrogens with zero attached hydrogens (tertiary/aromatic N) is 1. The van der Waals surface area contributed by atoms with Crippen molar-refractivity contribution in [1.29, 1.82) is 0 Å². The van der Waals surface area contributed by atoms with E-state index < -0.39 is 0 Å². The molecule has 0 aromatic heterocycles. The van der Waals surface area contributed by atoms with Crippen LogP contribution in [0.4, 0.5) is 5.69 Å². The highest BCUT2D eigenvalue weighted by molar-refractivity contribution is 7.99. The highest BCUT2D eigenvalue weighted by Gasteiger charge is 2.23. The van der Waals surface area contributed by atoms with E-state index in [0.717, 1.165) is 42.3 Å². The number of nitrogens with one attached hydrogen (secondary N) is 1. The minimum atomic E-state index is 0.163. The highest BCUT2D eigenvalue weighted by atomic mass is 32.2. The summed E-state index contributed by atoms with van der Waals surface area (Å²) in [5, 5.41) is 3.10. The molecule has 1 N–H and O–H groups in total. The average molecular weight is 278 g/mol. The van der Waals surface area contributed by atoms with E-state index >= 15 is 0 Å². The van der Waals surface area contributed by atoms with Crippen molar-refractivity contribution in [3.8, 4) is 0 Å². The van der Waals surface area contributed by atoms with Crippen LogP contribution in [0.2, 0.25) is 0 Å². The SMILES string of the molecule is CCSc1ccccc1NC(=O)C1CCN(C)CC1. The zero-order chi connectivity index (χ0) is 13.7. The zero-order valence-electron chi connectivity index (χ0n) is 11.7. The van der Waals surface area contributed by atoms with Crippen LogP contribution in [0.25, 0.3) is 0 Å². The maximum absolute atomic E-state index is 12.3. The van der Waals surface area contributed by atoms with Crippen LogP contribution < -0.4 is 5.32 Å². The standard InChI is InChI=1S/C15H22N2OS/c1-3-19-14-7-5-4-6-13(14)16-15(18)12-8-10-17(2)11-9-12/h4-7,12H,3,8-11H2,1-2H3,(H,16,18). The minimum absolute atomic E-state index is 0.163. The third-order valence-corrected chi connectivity index (χ3v) is 4.49. The van der Waals surface area contributed by atoms with Crippen molar-refractivity contribution in [3.05, 3.63) is 24.3 Å². The van der Waals surface area contributed by atoms with E-state index in [1.807, 2.05) is 18.2 Å². The molecule has 1 aliphatic heterocycles. The van der Waals surface area contributed by atoms with Gasteiger partial charge in [-0.05, 0) is 50.9 Å². The number of carbonyl (C=O) groups is 1. The first kappa shape index (κ1) is 14.4. The molecule has 0 spiro atoms. The van der Waals surface area contributed by atoms with Crippen molar-refractivity contribution in [2.75, 3.05) is 31.2 Å². The Morgan fingerprint density at radius 1 is 1.37 bits per heavy atom. The number of amides is 1. The summed E-state index contributed by atoms with van der Waals surface area (Å²) in [6, 6.07) is 8.05. The zero-order valence-corrected chi connectivity index (χ0v) is 12.5. The van der Waals surface area contributed by atoms with E-state index in [1.165, 1.54) is 0 Å². The quantitative estimate of drug-likeness (QED) is 0.859. The van der Waals surface area contributed by atoms with Gasteiger partial charge in [-0.2, -0.15) is 0 Å². The fourth-order valence-corrected chi connectivity index (χ4v) is 3.12. The maximum atomic E-state index is 12.3. The molecule has 0 unspecified atom stereocenters. The third kappa shape index (κ3) is 3.98. The molecule has 1 fully saturated rings. The van der Waals surface area contributed by atoms with Gasteiger partial charge >= 0.3 is 0 Å². The Morgan fingerprint density at radius 3 is 2.74 bits per heavy atom. The number of thioether (sulfide) groups is 1. The van der Waals surface area contributed by atoms with Crippen molar-refractivity contribution in [1.82, 2.24) is 4.90 Å². The largest absolute Gasteiger partial charge is 0.325 e. The Labute approximate surface area is 119 Å². The summed E-state index contributed by atoms with van der Waals surface area (Å²) in [5.41, 5.74) is 0.957.